The monoisotopic (exact) mass is 356 g/mol. The Balaban J connectivity index is 1.42. The van der Waals surface area contributed by atoms with Gasteiger partial charge in [-0.1, -0.05) is 12.1 Å². The highest BCUT2D eigenvalue weighted by molar-refractivity contribution is 5.86. The number of hydrogen-bond acceptors (Lipinski definition) is 4. The average molecular weight is 356 g/mol. The van der Waals surface area contributed by atoms with Crippen LogP contribution in [0.1, 0.15) is 18.7 Å². The number of likely N-dealkylation sites (tertiary alicyclic amines) is 1. The molecule has 4 rings (SSSR count). The van der Waals surface area contributed by atoms with Gasteiger partial charge in [0.25, 0.3) is 0 Å². The van der Waals surface area contributed by atoms with Gasteiger partial charge in [-0.25, -0.2) is 4.98 Å². The lowest BCUT2D eigenvalue weighted by Gasteiger charge is -2.36. The molecule has 7 heteroatoms. The number of ether oxygens (including phenoxy) is 1. The summed E-state index contributed by atoms with van der Waals surface area (Å²) in [5.41, 5.74) is 1.40. The SMILES string of the molecule is CNC(=O)[C@]12CCOC[C@H]1CN(C(=O)CCc1nc3ccccc3[nH]1)C2. The molecule has 2 amide bonds. The van der Waals surface area contributed by atoms with E-state index in [4.69, 9.17) is 4.74 Å². The van der Waals surface area contributed by atoms with E-state index in [1.54, 1.807) is 7.05 Å². The molecule has 138 valence electrons. The third-order valence-corrected chi connectivity index (χ3v) is 5.75. The Labute approximate surface area is 152 Å². The number of aromatic nitrogens is 2. The van der Waals surface area contributed by atoms with Gasteiger partial charge in [0.05, 0.1) is 23.1 Å². The molecule has 2 atom stereocenters. The summed E-state index contributed by atoms with van der Waals surface area (Å²) in [6.07, 6.45) is 1.63. The normalized spacial score (nSPS) is 25.3. The molecule has 1 aromatic carbocycles. The van der Waals surface area contributed by atoms with Crippen molar-refractivity contribution in [2.45, 2.75) is 19.3 Å². The van der Waals surface area contributed by atoms with E-state index in [-0.39, 0.29) is 17.7 Å². The van der Waals surface area contributed by atoms with Gasteiger partial charge < -0.3 is 19.9 Å². The molecule has 0 saturated carbocycles. The highest BCUT2D eigenvalue weighted by Gasteiger charge is 2.54. The maximum absolute atomic E-state index is 12.7. The van der Waals surface area contributed by atoms with Gasteiger partial charge in [-0.3, -0.25) is 9.59 Å². The van der Waals surface area contributed by atoms with E-state index in [1.165, 1.54) is 0 Å². The molecule has 2 saturated heterocycles. The van der Waals surface area contributed by atoms with Crippen LogP contribution < -0.4 is 5.32 Å². The Morgan fingerprint density at radius 2 is 2.27 bits per heavy atom. The summed E-state index contributed by atoms with van der Waals surface area (Å²) < 4.78 is 5.56. The Morgan fingerprint density at radius 3 is 3.08 bits per heavy atom. The maximum atomic E-state index is 12.7. The summed E-state index contributed by atoms with van der Waals surface area (Å²) in [7, 11) is 1.66. The van der Waals surface area contributed by atoms with E-state index >= 15 is 0 Å². The minimum Gasteiger partial charge on any atom is -0.381 e. The number of aryl methyl sites for hydroxylation is 1. The number of amides is 2. The minimum absolute atomic E-state index is 0.0263. The molecular weight excluding hydrogens is 332 g/mol. The first kappa shape index (κ1) is 17.0. The predicted octanol–water partition coefficient (Wildman–Crippen LogP) is 1.11. The van der Waals surface area contributed by atoms with Crippen LogP contribution in [0.25, 0.3) is 11.0 Å². The van der Waals surface area contributed by atoms with E-state index in [0.29, 0.717) is 45.6 Å². The van der Waals surface area contributed by atoms with Crippen LogP contribution >= 0.6 is 0 Å². The highest BCUT2D eigenvalue weighted by atomic mass is 16.5. The second-order valence-electron chi connectivity index (χ2n) is 7.23. The molecule has 2 aliphatic rings. The Hall–Kier alpha value is -2.41. The molecule has 0 radical (unpaired) electrons. The fraction of sp³-hybridized carbons (Fsp3) is 0.526. The van der Waals surface area contributed by atoms with Crippen molar-refractivity contribution in [2.75, 3.05) is 33.4 Å². The van der Waals surface area contributed by atoms with Gasteiger partial charge in [0, 0.05) is 45.5 Å². The molecule has 0 bridgehead atoms. The fourth-order valence-corrected chi connectivity index (χ4v) is 4.27. The van der Waals surface area contributed by atoms with Crippen LogP contribution in [0.5, 0.6) is 0 Å². The number of carbonyl (C=O) groups is 2. The summed E-state index contributed by atoms with van der Waals surface area (Å²) in [6.45, 7) is 2.19. The number of H-pyrrole nitrogens is 1. The van der Waals surface area contributed by atoms with Gasteiger partial charge in [0.2, 0.25) is 11.8 Å². The molecule has 26 heavy (non-hydrogen) atoms. The van der Waals surface area contributed by atoms with Crippen LogP contribution in [0.15, 0.2) is 24.3 Å². The number of fused-ring (bicyclic) bond motifs is 2. The third kappa shape index (κ3) is 2.86. The Kier molecular flexibility index (Phi) is 4.40. The fourth-order valence-electron chi connectivity index (χ4n) is 4.27. The van der Waals surface area contributed by atoms with Crippen molar-refractivity contribution in [3.05, 3.63) is 30.1 Å². The zero-order valence-electron chi connectivity index (χ0n) is 15.0. The minimum atomic E-state index is -0.498. The second-order valence-corrected chi connectivity index (χ2v) is 7.23. The first-order valence-corrected chi connectivity index (χ1v) is 9.14. The molecule has 3 heterocycles. The molecule has 0 aliphatic carbocycles. The zero-order chi connectivity index (χ0) is 18.1. The topological polar surface area (TPSA) is 87.3 Å². The summed E-state index contributed by atoms with van der Waals surface area (Å²) in [5, 5.41) is 2.78. The van der Waals surface area contributed by atoms with E-state index in [1.807, 2.05) is 29.2 Å². The summed E-state index contributed by atoms with van der Waals surface area (Å²) in [5.74, 6) is 0.994. The molecule has 2 aromatic rings. The second kappa shape index (κ2) is 6.72. The average Bonchev–Trinajstić information content (AvgIpc) is 3.27. The van der Waals surface area contributed by atoms with Crippen molar-refractivity contribution in [3.8, 4) is 0 Å². The number of nitrogens with one attached hydrogen (secondary N) is 2. The molecule has 1 aromatic heterocycles. The number of benzene rings is 1. The van der Waals surface area contributed by atoms with Gasteiger partial charge in [-0.05, 0) is 18.6 Å². The van der Waals surface area contributed by atoms with Crippen molar-refractivity contribution in [2.24, 2.45) is 11.3 Å². The first-order valence-electron chi connectivity index (χ1n) is 9.14. The predicted molar refractivity (Wildman–Crippen MR) is 96.4 cm³/mol. The number of nitrogens with zero attached hydrogens (tertiary/aromatic N) is 2. The molecule has 0 unspecified atom stereocenters. The van der Waals surface area contributed by atoms with Crippen LogP contribution in [-0.4, -0.2) is 60.0 Å². The lowest BCUT2D eigenvalue weighted by molar-refractivity contribution is -0.139. The van der Waals surface area contributed by atoms with Crippen LogP contribution in [0, 0.1) is 11.3 Å². The number of imidazole rings is 1. The lowest BCUT2D eigenvalue weighted by atomic mass is 9.73. The van der Waals surface area contributed by atoms with Gasteiger partial charge in [0.15, 0.2) is 0 Å². The van der Waals surface area contributed by atoms with Crippen molar-refractivity contribution >= 4 is 22.8 Å². The number of para-hydroxylation sites is 2. The van der Waals surface area contributed by atoms with E-state index in [0.717, 1.165) is 16.9 Å². The van der Waals surface area contributed by atoms with Crippen LogP contribution in [-0.2, 0) is 20.7 Å². The van der Waals surface area contributed by atoms with Crippen LogP contribution in [0.2, 0.25) is 0 Å². The zero-order valence-corrected chi connectivity index (χ0v) is 15.0. The first-order chi connectivity index (χ1) is 12.6. The van der Waals surface area contributed by atoms with E-state index < -0.39 is 5.41 Å². The van der Waals surface area contributed by atoms with Crippen molar-refractivity contribution in [1.82, 2.24) is 20.2 Å². The van der Waals surface area contributed by atoms with Gasteiger partial charge in [-0.2, -0.15) is 0 Å². The molecule has 2 N–H and O–H groups in total. The summed E-state index contributed by atoms with van der Waals surface area (Å²) >= 11 is 0. The van der Waals surface area contributed by atoms with Gasteiger partial charge in [0.1, 0.15) is 5.82 Å². The van der Waals surface area contributed by atoms with Crippen LogP contribution in [0.3, 0.4) is 0 Å². The molecule has 2 fully saturated rings. The number of carbonyl (C=O) groups excluding carboxylic acids is 2. The lowest BCUT2D eigenvalue weighted by Crippen LogP contribution is -2.49. The van der Waals surface area contributed by atoms with Crippen LogP contribution in [0.4, 0.5) is 0 Å². The van der Waals surface area contributed by atoms with E-state index in [2.05, 4.69) is 15.3 Å². The quantitative estimate of drug-likeness (QED) is 0.859. The Bertz CT molecular complexity index is 800. The maximum Gasteiger partial charge on any atom is 0.228 e. The molecule has 7 nitrogen and oxygen atoms in total. The Morgan fingerprint density at radius 1 is 1.42 bits per heavy atom. The van der Waals surface area contributed by atoms with Gasteiger partial charge in [-0.15, -0.1) is 0 Å². The molecule has 2 aliphatic heterocycles. The van der Waals surface area contributed by atoms with Crippen molar-refractivity contribution < 1.29 is 14.3 Å². The smallest absolute Gasteiger partial charge is 0.228 e. The summed E-state index contributed by atoms with van der Waals surface area (Å²) in [6, 6.07) is 7.84. The van der Waals surface area contributed by atoms with Gasteiger partial charge >= 0.3 is 0 Å². The third-order valence-electron chi connectivity index (χ3n) is 5.75. The number of hydrogen-bond donors (Lipinski definition) is 2. The standard InChI is InChI=1S/C19H24N4O3/c1-20-18(25)19-8-9-26-11-13(19)10-23(12-19)17(24)7-6-16-21-14-4-2-3-5-15(14)22-16/h2-5,13H,6-12H2,1H3,(H,20,25)(H,21,22)/t13-,19+/m1/s1. The molecular formula is C19H24N4O3. The number of aromatic amines is 1. The highest BCUT2D eigenvalue weighted by Crippen LogP contribution is 2.42. The largest absolute Gasteiger partial charge is 0.381 e. The number of rotatable bonds is 4. The van der Waals surface area contributed by atoms with E-state index in [9.17, 15) is 9.59 Å². The van der Waals surface area contributed by atoms with Crippen molar-refractivity contribution in [1.29, 1.82) is 0 Å². The molecule has 0 spiro atoms. The van der Waals surface area contributed by atoms with Crippen molar-refractivity contribution in [3.63, 3.8) is 0 Å². The summed E-state index contributed by atoms with van der Waals surface area (Å²) in [4.78, 5) is 34.9.